The number of nitrogens with one attached hydrogen (secondary N) is 1. The van der Waals surface area contributed by atoms with Crippen molar-refractivity contribution < 1.29 is 9.59 Å². The van der Waals surface area contributed by atoms with Crippen molar-refractivity contribution in [3.8, 4) is 11.4 Å². The van der Waals surface area contributed by atoms with Gasteiger partial charge in [0.05, 0.1) is 17.1 Å². The number of thioether (sulfide) groups is 1. The minimum atomic E-state index is -0.194. The van der Waals surface area contributed by atoms with Crippen molar-refractivity contribution >= 4 is 35.0 Å². The lowest BCUT2D eigenvalue weighted by Crippen LogP contribution is -2.43. The van der Waals surface area contributed by atoms with Crippen molar-refractivity contribution in [1.82, 2.24) is 14.8 Å². The molecule has 0 unspecified atom stereocenters. The minimum absolute atomic E-state index is 0.0200. The van der Waals surface area contributed by atoms with E-state index in [9.17, 15) is 9.59 Å². The summed E-state index contributed by atoms with van der Waals surface area (Å²) in [5.74, 6) is 0.620. The van der Waals surface area contributed by atoms with E-state index in [0.717, 1.165) is 17.1 Å². The second kappa shape index (κ2) is 7.85. The monoisotopic (exact) mass is 393 g/mol. The van der Waals surface area contributed by atoms with Gasteiger partial charge in [-0.1, -0.05) is 54.2 Å². The molecule has 28 heavy (non-hydrogen) atoms. The van der Waals surface area contributed by atoms with Gasteiger partial charge in [0.1, 0.15) is 6.54 Å². The summed E-state index contributed by atoms with van der Waals surface area (Å²) < 4.78 is 1.99. The zero-order chi connectivity index (χ0) is 19.5. The Balaban J connectivity index is 1.52. The number of amides is 2. The Kier molecular flexibility index (Phi) is 5.12. The van der Waals surface area contributed by atoms with E-state index in [2.05, 4.69) is 15.5 Å². The highest BCUT2D eigenvalue weighted by atomic mass is 32.2. The van der Waals surface area contributed by atoms with Crippen molar-refractivity contribution in [2.75, 3.05) is 22.5 Å². The molecule has 0 bridgehead atoms. The molecule has 1 aliphatic heterocycles. The van der Waals surface area contributed by atoms with E-state index < -0.39 is 0 Å². The number of anilines is 2. The number of nitrogens with zero attached hydrogens (tertiary/aromatic N) is 4. The maximum absolute atomic E-state index is 12.8. The fourth-order valence-corrected chi connectivity index (χ4v) is 4.02. The maximum atomic E-state index is 12.8. The molecule has 0 saturated carbocycles. The Bertz CT molecular complexity index is 1020. The Morgan fingerprint density at radius 1 is 1.11 bits per heavy atom. The van der Waals surface area contributed by atoms with Crippen LogP contribution in [0.5, 0.6) is 0 Å². The van der Waals surface area contributed by atoms with Crippen LogP contribution in [-0.2, 0) is 16.1 Å². The molecular formula is C20H19N5O2S. The highest BCUT2D eigenvalue weighted by Crippen LogP contribution is 2.30. The number of para-hydroxylation sites is 2. The van der Waals surface area contributed by atoms with Crippen LogP contribution in [0.15, 0.2) is 59.8 Å². The maximum Gasteiger partial charge on any atom is 0.244 e. The molecule has 142 valence electrons. The number of benzene rings is 2. The van der Waals surface area contributed by atoms with Gasteiger partial charge in [0.15, 0.2) is 11.0 Å². The summed E-state index contributed by atoms with van der Waals surface area (Å²) in [6.07, 6.45) is 0. The Morgan fingerprint density at radius 3 is 2.64 bits per heavy atom. The summed E-state index contributed by atoms with van der Waals surface area (Å²) in [6.45, 7) is 2.74. The number of hydrogen-bond donors (Lipinski definition) is 1. The summed E-state index contributed by atoms with van der Waals surface area (Å²) in [6, 6.07) is 17.1. The normalized spacial score (nSPS) is 13.2. The summed E-state index contributed by atoms with van der Waals surface area (Å²) in [5.41, 5.74) is 2.35. The van der Waals surface area contributed by atoms with Gasteiger partial charge in [0.25, 0.3) is 0 Å². The molecule has 7 nitrogen and oxygen atoms in total. The molecule has 0 aliphatic carbocycles. The smallest absolute Gasteiger partial charge is 0.244 e. The molecule has 1 N–H and O–H groups in total. The van der Waals surface area contributed by atoms with E-state index >= 15 is 0 Å². The first-order valence-electron chi connectivity index (χ1n) is 8.98. The standard InChI is InChI=1S/C20H19N5O2S/c1-2-24-19(14-8-4-3-5-9-14)22-23-20(24)28-13-18(27)25-12-17(26)21-15-10-6-7-11-16(15)25/h3-11H,2,12-13H2,1H3,(H,21,26). The third-order valence-corrected chi connectivity index (χ3v) is 5.41. The van der Waals surface area contributed by atoms with Gasteiger partial charge in [-0.25, -0.2) is 0 Å². The Hall–Kier alpha value is -3.13. The lowest BCUT2D eigenvalue weighted by atomic mass is 10.2. The molecule has 1 aromatic heterocycles. The average molecular weight is 393 g/mol. The number of carbonyl (C=O) groups excluding carboxylic acids is 2. The van der Waals surface area contributed by atoms with Gasteiger partial charge in [-0.3, -0.25) is 9.59 Å². The summed E-state index contributed by atoms with van der Waals surface area (Å²) in [5, 5.41) is 12.0. The number of fused-ring (bicyclic) bond motifs is 1. The van der Waals surface area contributed by atoms with Gasteiger partial charge in [-0.15, -0.1) is 10.2 Å². The lowest BCUT2D eigenvalue weighted by molar-refractivity contribution is -0.120. The van der Waals surface area contributed by atoms with Crippen LogP contribution < -0.4 is 10.2 Å². The zero-order valence-electron chi connectivity index (χ0n) is 15.3. The molecule has 3 aromatic rings. The van der Waals surface area contributed by atoms with Crippen molar-refractivity contribution in [3.63, 3.8) is 0 Å². The largest absolute Gasteiger partial charge is 0.323 e. The van der Waals surface area contributed by atoms with Crippen molar-refractivity contribution in [1.29, 1.82) is 0 Å². The molecule has 2 aromatic carbocycles. The van der Waals surface area contributed by atoms with Crippen LogP contribution in [0.2, 0.25) is 0 Å². The highest BCUT2D eigenvalue weighted by molar-refractivity contribution is 7.99. The number of aromatic nitrogens is 3. The third-order valence-electron chi connectivity index (χ3n) is 4.46. The molecule has 2 heterocycles. The fraction of sp³-hybridized carbons (Fsp3) is 0.200. The quantitative estimate of drug-likeness (QED) is 0.674. The number of carbonyl (C=O) groups is 2. The molecule has 0 atom stereocenters. The fourth-order valence-electron chi connectivity index (χ4n) is 3.14. The van der Waals surface area contributed by atoms with E-state index in [1.165, 1.54) is 16.7 Å². The lowest BCUT2D eigenvalue weighted by Gasteiger charge is -2.29. The van der Waals surface area contributed by atoms with E-state index in [4.69, 9.17) is 0 Å². The zero-order valence-corrected chi connectivity index (χ0v) is 16.1. The Morgan fingerprint density at radius 2 is 1.86 bits per heavy atom. The summed E-state index contributed by atoms with van der Waals surface area (Å²) >= 11 is 1.33. The van der Waals surface area contributed by atoms with E-state index in [1.807, 2.05) is 60.0 Å². The van der Waals surface area contributed by atoms with Crippen LogP contribution in [0.4, 0.5) is 11.4 Å². The van der Waals surface area contributed by atoms with Crippen LogP contribution in [0.1, 0.15) is 6.92 Å². The van der Waals surface area contributed by atoms with Gasteiger partial charge in [0, 0.05) is 12.1 Å². The first kappa shape index (κ1) is 18.2. The van der Waals surface area contributed by atoms with Crippen LogP contribution in [0.3, 0.4) is 0 Å². The minimum Gasteiger partial charge on any atom is -0.323 e. The van der Waals surface area contributed by atoms with Crippen LogP contribution in [0, 0.1) is 0 Å². The average Bonchev–Trinajstić information content (AvgIpc) is 3.15. The van der Waals surface area contributed by atoms with Crippen molar-refractivity contribution in [2.45, 2.75) is 18.6 Å². The SMILES string of the molecule is CCn1c(SCC(=O)N2CC(=O)Nc3ccccc32)nnc1-c1ccccc1. The van der Waals surface area contributed by atoms with Gasteiger partial charge in [-0.05, 0) is 19.1 Å². The van der Waals surface area contributed by atoms with E-state index in [0.29, 0.717) is 17.4 Å². The van der Waals surface area contributed by atoms with Gasteiger partial charge >= 0.3 is 0 Å². The van der Waals surface area contributed by atoms with Gasteiger partial charge < -0.3 is 14.8 Å². The van der Waals surface area contributed by atoms with E-state index in [1.54, 1.807) is 6.07 Å². The molecule has 1 aliphatic rings. The van der Waals surface area contributed by atoms with Crippen molar-refractivity contribution in [2.24, 2.45) is 0 Å². The molecule has 0 fully saturated rings. The first-order valence-corrected chi connectivity index (χ1v) is 9.96. The molecule has 2 amide bonds. The van der Waals surface area contributed by atoms with Gasteiger partial charge in [0.2, 0.25) is 11.8 Å². The molecular weight excluding hydrogens is 374 g/mol. The number of rotatable bonds is 5. The highest BCUT2D eigenvalue weighted by Gasteiger charge is 2.27. The topological polar surface area (TPSA) is 80.1 Å². The predicted octanol–water partition coefficient (Wildman–Crippen LogP) is 3.04. The summed E-state index contributed by atoms with van der Waals surface area (Å²) in [4.78, 5) is 26.3. The molecule has 0 saturated heterocycles. The molecule has 0 spiro atoms. The van der Waals surface area contributed by atoms with E-state index in [-0.39, 0.29) is 24.1 Å². The first-order chi connectivity index (χ1) is 13.7. The second-order valence-electron chi connectivity index (χ2n) is 6.25. The predicted molar refractivity (Wildman–Crippen MR) is 109 cm³/mol. The summed E-state index contributed by atoms with van der Waals surface area (Å²) in [7, 11) is 0. The number of hydrogen-bond acceptors (Lipinski definition) is 5. The van der Waals surface area contributed by atoms with Crippen LogP contribution in [-0.4, -0.2) is 38.9 Å². The van der Waals surface area contributed by atoms with Crippen LogP contribution >= 0.6 is 11.8 Å². The Labute approximate surface area is 166 Å². The van der Waals surface area contributed by atoms with Crippen molar-refractivity contribution in [3.05, 3.63) is 54.6 Å². The second-order valence-corrected chi connectivity index (χ2v) is 7.19. The molecule has 4 rings (SSSR count). The molecule has 0 radical (unpaired) electrons. The molecule has 8 heteroatoms. The van der Waals surface area contributed by atoms with Crippen LogP contribution in [0.25, 0.3) is 11.4 Å². The van der Waals surface area contributed by atoms with Gasteiger partial charge in [-0.2, -0.15) is 0 Å². The third kappa shape index (κ3) is 3.50.